The Morgan fingerprint density at radius 1 is 0.526 bits per heavy atom. The summed E-state index contributed by atoms with van der Waals surface area (Å²) < 4.78 is 0. The van der Waals surface area contributed by atoms with Crippen LogP contribution in [-0.2, 0) is 4.79 Å². The zero-order valence-electron chi connectivity index (χ0n) is 53.7. The van der Waals surface area contributed by atoms with Gasteiger partial charge in [0.05, 0.1) is 12.3 Å². The van der Waals surface area contributed by atoms with Crippen molar-refractivity contribution >= 4 is 5.97 Å². The first-order valence-corrected chi connectivity index (χ1v) is 32.3. The van der Waals surface area contributed by atoms with E-state index in [9.17, 15) is 15.0 Å². The van der Waals surface area contributed by atoms with Crippen molar-refractivity contribution in [2.75, 3.05) is 85.1 Å². The van der Waals surface area contributed by atoms with Gasteiger partial charge in [0.2, 0.25) is 0 Å². The van der Waals surface area contributed by atoms with E-state index >= 15 is 0 Å². The number of rotatable bonds is 7. The predicted octanol–water partition coefficient (Wildman–Crippen LogP) is 14.9. The number of likely N-dealkylation sites (tertiary alicyclic amines) is 6. The molecule has 0 aromatic rings. The van der Waals surface area contributed by atoms with E-state index in [4.69, 9.17) is 0 Å². The molecule has 444 valence electrons. The van der Waals surface area contributed by atoms with Crippen LogP contribution >= 0.6 is 0 Å². The van der Waals surface area contributed by atoms with Crippen LogP contribution in [-0.4, -0.2) is 159 Å². The van der Waals surface area contributed by atoms with Crippen molar-refractivity contribution < 1.29 is 15.0 Å². The lowest BCUT2D eigenvalue weighted by molar-refractivity contribution is -0.143. The van der Waals surface area contributed by atoms with E-state index in [0.29, 0.717) is 45.7 Å². The summed E-state index contributed by atoms with van der Waals surface area (Å²) in [5.74, 6) is 7.57. The van der Waals surface area contributed by atoms with Crippen molar-refractivity contribution in [3.63, 3.8) is 0 Å². The molecule has 76 heavy (non-hydrogen) atoms. The second-order valence-electron chi connectivity index (χ2n) is 31.9. The van der Waals surface area contributed by atoms with E-state index in [0.717, 1.165) is 106 Å². The number of aliphatic hydroxyl groups is 1. The molecule has 3 saturated carbocycles. The van der Waals surface area contributed by atoms with Gasteiger partial charge in [-0.15, -0.1) is 0 Å². The summed E-state index contributed by atoms with van der Waals surface area (Å²) in [6, 6.07) is 0.253. The molecule has 0 amide bonds. The Balaban J connectivity index is 0.000000177. The Labute approximate surface area is 471 Å². The zero-order valence-corrected chi connectivity index (χ0v) is 53.7. The van der Waals surface area contributed by atoms with Crippen molar-refractivity contribution in [2.45, 2.75) is 262 Å². The first kappa shape index (κ1) is 65.6. The molecule has 9 heteroatoms. The molecule has 0 aromatic heterocycles. The van der Waals surface area contributed by atoms with E-state index in [-0.39, 0.29) is 11.6 Å². The summed E-state index contributed by atoms with van der Waals surface area (Å²) in [7, 11) is 0. The number of carboxylic acid groups (broad SMARTS) is 1. The quantitative estimate of drug-likeness (QED) is 0.243. The van der Waals surface area contributed by atoms with Gasteiger partial charge in [-0.25, -0.2) is 0 Å². The molecule has 3 aliphatic carbocycles. The number of piperidine rings is 3. The summed E-state index contributed by atoms with van der Waals surface area (Å²) >= 11 is 0. The number of fused-ring (bicyclic) bond motifs is 3. The topological polar surface area (TPSA) is 77.0 Å². The number of carboxylic acids is 1. The molecule has 0 aromatic carbocycles. The van der Waals surface area contributed by atoms with Gasteiger partial charge in [-0.05, 0) is 249 Å². The van der Waals surface area contributed by atoms with Crippen LogP contribution in [0, 0.1) is 63.6 Å². The normalized spacial score (nSPS) is 32.3. The van der Waals surface area contributed by atoms with Crippen LogP contribution in [0.25, 0.3) is 0 Å². The Kier molecular flexibility index (Phi) is 23.9. The average molecular weight is 1070 g/mol. The number of nitrogens with zero attached hydrogens (tertiary/aromatic N) is 6. The molecule has 6 saturated heterocycles. The maximum Gasteiger partial charge on any atom is 0.320 e. The largest absolute Gasteiger partial charge is 0.512 e. The van der Waals surface area contributed by atoms with Gasteiger partial charge in [-0.1, -0.05) is 94.6 Å². The minimum Gasteiger partial charge on any atom is -0.512 e. The number of aliphatic carboxylic acids is 1. The number of aliphatic hydroxyl groups excluding tert-OH is 1. The van der Waals surface area contributed by atoms with Gasteiger partial charge in [0.25, 0.3) is 0 Å². The Bertz CT molecular complexity index is 1700. The van der Waals surface area contributed by atoms with Crippen LogP contribution in [0.3, 0.4) is 0 Å². The van der Waals surface area contributed by atoms with Crippen LogP contribution in [0.5, 0.6) is 0 Å². The van der Waals surface area contributed by atoms with Crippen LogP contribution in [0.4, 0.5) is 0 Å². The smallest absolute Gasteiger partial charge is 0.320 e. The minimum atomic E-state index is -0.634. The van der Waals surface area contributed by atoms with Gasteiger partial charge in [-0.2, -0.15) is 0 Å². The highest BCUT2D eigenvalue weighted by Crippen LogP contribution is 2.57. The molecule has 7 unspecified atom stereocenters. The van der Waals surface area contributed by atoms with E-state index in [2.05, 4.69) is 161 Å². The molecule has 2 N–H and O–H groups in total. The second-order valence-corrected chi connectivity index (χ2v) is 31.9. The van der Waals surface area contributed by atoms with Gasteiger partial charge < -0.3 is 15.1 Å². The van der Waals surface area contributed by atoms with E-state index in [1.807, 2.05) is 0 Å². The van der Waals surface area contributed by atoms with Gasteiger partial charge in [0.15, 0.2) is 0 Å². The third-order valence-corrected chi connectivity index (χ3v) is 21.8. The highest BCUT2D eigenvalue weighted by atomic mass is 16.4. The molecule has 6 heterocycles. The molecular weight excluding hydrogens is 937 g/mol. The van der Waals surface area contributed by atoms with Crippen molar-refractivity contribution in [3.8, 4) is 0 Å². The number of hydrogen-bond acceptors (Lipinski definition) is 8. The van der Waals surface area contributed by atoms with Crippen molar-refractivity contribution in [3.05, 3.63) is 12.3 Å². The molecule has 2 bridgehead atoms. The average Bonchev–Trinajstić information content (AvgIpc) is 4.20. The number of carbonyl (C=O) groups is 1. The minimum absolute atomic E-state index is 0.226. The van der Waals surface area contributed by atoms with Crippen LogP contribution in [0.1, 0.15) is 234 Å². The van der Waals surface area contributed by atoms with Crippen molar-refractivity contribution in [1.82, 2.24) is 29.4 Å². The molecule has 7 atom stereocenters. The highest BCUT2D eigenvalue weighted by Gasteiger charge is 2.49. The maximum atomic E-state index is 11.2. The Hall–Kier alpha value is -1.23. The van der Waals surface area contributed by atoms with Gasteiger partial charge in [0, 0.05) is 61.9 Å². The summed E-state index contributed by atoms with van der Waals surface area (Å²) in [6.45, 7) is 60.8. The highest BCUT2D eigenvalue weighted by molar-refractivity contribution is 5.73. The van der Waals surface area contributed by atoms with E-state index in [1.165, 1.54) is 116 Å². The molecule has 9 fully saturated rings. The molecule has 6 aliphatic heterocycles. The molecule has 9 rings (SSSR count). The third-order valence-electron chi connectivity index (χ3n) is 21.8. The molecule has 0 radical (unpaired) electrons. The molecule has 9 aliphatic rings. The first-order valence-electron chi connectivity index (χ1n) is 32.3. The summed E-state index contributed by atoms with van der Waals surface area (Å²) in [4.78, 5) is 26.2. The lowest BCUT2D eigenvalue weighted by Crippen LogP contribution is -2.52. The summed E-state index contributed by atoms with van der Waals surface area (Å²) in [5.41, 5.74) is 2.73. The second kappa shape index (κ2) is 27.7. The van der Waals surface area contributed by atoms with Gasteiger partial charge in [-0.3, -0.25) is 29.3 Å². The van der Waals surface area contributed by atoms with Crippen molar-refractivity contribution in [2.24, 2.45) is 63.6 Å². The van der Waals surface area contributed by atoms with Crippen molar-refractivity contribution in [1.29, 1.82) is 0 Å². The Morgan fingerprint density at radius 2 is 1.04 bits per heavy atom. The first-order chi connectivity index (χ1) is 35.3. The van der Waals surface area contributed by atoms with Crippen LogP contribution < -0.4 is 0 Å². The van der Waals surface area contributed by atoms with Crippen LogP contribution in [0.2, 0.25) is 0 Å². The lowest BCUT2D eigenvalue weighted by Gasteiger charge is -2.49. The molecular formula is C67H128N6O3. The van der Waals surface area contributed by atoms with E-state index in [1.54, 1.807) is 12.8 Å². The van der Waals surface area contributed by atoms with Gasteiger partial charge in [0.1, 0.15) is 6.04 Å². The lowest BCUT2D eigenvalue weighted by atomic mass is 9.69. The molecule has 9 nitrogen and oxygen atoms in total. The van der Waals surface area contributed by atoms with E-state index < -0.39 is 5.97 Å². The standard InChI is InChI=1S/C15H30N2.C14H26N2O2.C13H24N2O.C13H24.C12H24/c1-5-16-10-6-15(7-11-16)8-12-17(13-9-15)14(2,3)4;1-14(2,3)15-9-6-11(7-10-15)16-8-4-5-12(16)13(17)18;1-10(16)5-14-6-11-8-15(13(2,3)4)9-12(11)7-14;1-5-9-6-11-7-10(9)8-12(11)13(2,3)4;1-5-10-6-8-11(9-7-10)12(2,3)4/h5-13H2,1-4H3;11-12H,4-10H2,1-3H3,(H,17,18);11-12,16H,1,5-9H2,2-4H3;9-12H,5-8H2,1-4H3;10-11H,5-9H2,1-4H3. The monoisotopic (exact) mass is 1070 g/mol. The number of hydrogen-bond donors (Lipinski definition) is 2. The van der Waals surface area contributed by atoms with Crippen LogP contribution in [0.15, 0.2) is 12.3 Å². The Morgan fingerprint density at radius 3 is 1.45 bits per heavy atom. The fraction of sp³-hybridized carbons (Fsp3) is 0.955. The SMILES string of the molecule is C=C(O)CN1CC2CN(C(C)(C)C)CC2C1.CC(C)(C)N1CCC(N2CCCC2C(=O)O)CC1.CCC1CC2CC1CC2C(C)(C)C.CCC1CCC(C(C)(C)C)CC1.CCN1CCC2(CC1)CCN(C(C)(C)C)CC2. The fourth-order valence-corrected chi connectivity index (χ4v) is 16.3. The van der Waals surface area contributed by atoms with Gasteiger partial charge >= 0.3 is 5.97 Å². The fourth-order valence-electron chi connectivity index (χ4n) is 16.3. The maximum absolute atomic E-state index is 11.2. The third kappa shape index (κ3) is 18.9. The summed E-state index contributed by atoms with van der Waals surface area (Å²) in [5, 5.41) is 18.5. The zero-order chi connectivity index (χ0) is 56.6. The molecule has 1 spiro atoms. The summed E-state index contributed by atoms with van der Waals surface area (Å²) in [6.07, 6.45) is 23.2. The predicted molar refractivity (Wildman–Crippen MR) is 325 cm³/mol.